The van der Waals surface area contributed by atoms with Gasteiger partial charge in [-0.15, -0.1) is 0 Å². The number of para-hydroxylation sites is 2. The van der Waals surface area contributed by atoms with Gasteiger partial charge in [-0.1, -0.05) is 54.6 Å². The van der Waals surface area contributed by atoms with Crippen molar-refractivity contribution < 1.29 is 9.53 Å². The zero-order chi connectivity index (χ0) is 18.6. The molecule has 3 aromatic carbocycles. The summed E-state index contributed by atoms with van der Waals surface area (Å²) >= 11 is 0. The number of benzene rings is 3. The Morgan fingerprint density at radius 1 is 0.667 bits per heavy atom. The SMILES string of the molecule is O=C(Oc1cc(=O)n(-c2ccccc2)n1-c1ccccc1)c1ccccc1. The molecule has 1 heterocycles. The van der Waals surface area contributed by atoms with Crippen LogP contribution in [0, 0.1) is 0 Å². The van der Waals surface area contributed by atoms with Gasteiger partial charge in [0, 0.05) is 0 Å². The summed E-state index contributed by atoms with van der Waals surface area (Å²) in [6, 6.07) is 28.5. The fourth-order valence-corrected chi connectivity index (χ4v) is 2.85. The van der Waals surface area contributed by atoms with E-state index >= 15 is 0 Å². The topological polar surface area (TPSA) is 53.2 Å². The number of hydrogen-bond acceptors (Lipinski definition) is 3. The number of ether oxygens (including phenoxy) is 1. The minimum absolute atomic E-state index is 0.156. The van der Waals surface area contributed by atoms with Crippen LogP contribution in [0.4, 0.5) is 0 Å². The van der Waals surface area contributed by atoms with Crippen LogP contribution in [-0.2, 0) is 0 Å². The third-order valence-electron chi connectivity index (χ3n) is 4.07. The fraction of sp³-hybridized carbons (Fsp3) is 0. The van der Waals surface area contributed by atoms with E-state index in [1.54, 1.807) is 28.9 Å². The molecule has 0 atom stereocenters. The lowest BCUT2D eigenvalue weighted by molar-refractivity contribution is 0.0722. The minimum atomic E-state index is -0.523. The van der Waals surface area contributed by atoms with Crippen molar-refractivity contribution in [1.82, 2.24) is 9.36 Å². The summed E-state index contributed by atoms with van der Waals surface area (Å²) in [6.07, 6.45) is 0. The average molecular weight is 356 g/mol. The lowest BCUT2D eigenvalue weighted by Crippen LogP contribution is -2.20. The molecule has 0 fully saturated rings. The number of esters is 1. The highest BCUT2D eigenvalue weighted by Crippen LogP contribution is 2.21. The van der Waals surface area contributed by atoms with Crippen LogP contribution < -0.4 is 10.3 Å². The largest absolute Gasteiger partial charge is 0.404 e. The van der Waals surface area contributed by atoms with Crippen molar-refractivity contribution in [2.24, 2.45) is 0 Å². The molecule has 0 aliphatic heterocycles. The maximum atomic E-state index is 12.7. The van der Waals surface area contributed by atoms with Crippen LogP contribution in [0.5, 0.6) is 5.88 Å². The van der Waals surface area contributed by atoms with E-state index in [1.807, 2.05) is 66.7 Å². The number of nitrogens with zero attached hydrogens (tertiary/aromatic N) is 2. The van der Waals surface area contributed by atoms with Gasteiger partial charge in [0.25, 0.3) is 5.56 Å². The lowest BCUT2D eigenvalue weighted by atomic mass is 10.2. The molecule has 5 nitrogen and oxygen atoms in total. The molecule has 1 aromatic heterocycles. The normalized spacial score (nSPS) is 10.5. The molecule has 0 aliphatic carbocycles. The van der Waals surface area contributed by atoms with E-state index in [1.165, 1.54) is 10.7 Å². The predicted octanol–water partition coefficient (Wildman–Crippen LogP) is 3.85. The summed E-state index contributed by atoms with van der Waals surface area (Å²) in [5, 5.41) is 0. The van der Waals surface area contributed by atoms with Crippen molar-refractivity contribution >= 4 is 5.97 Å². The number of rotatable bonds is 4. The zero-order valence-electron chi connectivity index (χ0n) is 14.4. The van der Waals surface area contributed by atoms with Crippen LogP contribution in [-0.4, -0.2) is 15.3 Å². The standard InChI is InChI=1S/C22H16N2O3/c25-20-16-21(27-22(26)17-10-4-1-5-11-17)24(19-14-8-3-9-15-19)23(20)18-12-6-2-7-13-18/h1-16H. The van der Waals surface area contributed by atoms with Gasteiger partial charge in [0.05, 0.1) is 23.0 Å². The van der Waals surface area contributed by atoms with E-state index in [2.05, 4.69) is 0 Å². The summed E-state index contributed by atoms with van der Waals surface area (Å²) < 4.78 is 8.64. The van der Waals surface area contributed by atoms with Crippen LogP contribution in [0.2, 0.25) is 0 Å². The van der Waals surface area contributed by atoms with E-state index in [9.17, 15) is 9.59 Å². The van der Waals surface area contributed by atoms with Gasteiger partial charge in [0.15, 0.2) is 0 Å². The molecule has 27 heavy (non-hydrogen) atoms. The van der Waals surface area contributed by atoms with Gasteiger partial charge >= 0.3 is 5.97 Å². The highest BCUT2D eigenvalue weighted by atomic mass is 16.5. The summed E-state index contributed by atoms with van der Waals surface area (Å²) in [4.78, 5) is 25.2. The van der Waals surface area contributed by atoms with Gasteiger partial charge in [0.2, 0.25) is 5.88 Å². The first kappa shape index (κ1) is 16.6. The van der Waals surface area contributed by atoms with Crippen molar-refractivity contribution in [2.75, 3.05) is 0 Å². The minimum Gasteiger partial charge on any atom is -0.404 e. The molecule has 4 aromatic rings. The van der Waals surface area contributed by atoms with Crippen LogP contribution in [0.1, 0.15) is 10.4 Å². The predicted molar refractivity (Wildman–Crippen MR) is 103 cm³/mol. The Balaban J connectivity index is 1.85. The Kier molecular flexibility index (Phi) is 4.41. The number of hydrogen-bond donors (Lipinski definition) is 0. The second kappa shape index (κ2) is 7.17. The van der Waals surface area contributed by atoms with E-state index < -0.39 is 5.97 Å². The molecule has 5 heteroatoms. The molecule has 0 saturated carbocycles. The number of carbonyl (C=O) groups is 1. The third-order valence-corrected chi connectivity index (χ3v) is 4.07. The maximum absolute atomic E-state index is 12.7. The van der Waals surface area contributed by atoms with E-state index in [0.717, 1.165) is 0 Å². The molecule has 0 unspecified atom stereocenters. The highest BCUT2D eigenvalue weighted by molar-refractivity contribution is 5.90. The first-order valence-corrected chi connectivity index (χ1v) is 8.47. The van der Waals surface area contributed by atoms with Crippen molar-refractivity contribution in [1.29, 1.82) is 0 Å². The molecular formula is C22H16N2O3. The molecule has 0 spiro atoms. The van der Waals surface area contributed by atoms with Crippen LogP contribution in [0.25, 0.3) is 11.4 Å². The summed E-state index contributed by atoms with van der Waals surface area (Å²) in [7, 11) is 0. The second-order valence-corrected chi connectivity index (χ2v) is 5.87. The molecule has 0 aliphatic rings. The fourth-order valence-electron chi connectivity index (χ4n) is 2.85. The summed E-state index contributed by atoms with van der Waals surface area (Å²) in [6.45, 7) is 0. The van der Waals surface area contributed by atoms with Crippen molar-refractivity contribution in [2.45, 2.75) is 0 Å². The summed E-state index contributed by atoms with van der Waals surface area (Å²) in [5.41, 5.74) is 1.51. The first-order valence-electron chi connectivity index (χ1n) is 8.47. The number of aromatic nitrogens is 2. The first-order chi connectivity index (χ1) is 13.2. The van der Waals surface area contributed by atoms with Gasteiger partial charge in [-0.05, 0) is 36.4 Å². The van der Waals surface area contributed by atoms with Crippen LogP contribution in [0.15, 0.2) is 102 Å². The molecule has 0 amide bonds. The lowest BCUT2D eigenvalue weighted by Gasteiger charge is -2.14. The Morgan fingerprint density at radius 3 is 1.70 bits per heavy atom. The molecule has 0 bridgehead atoms. The highest BCUT2D eigenvalue weighted by Gasteiger charge is 2.19. The molecule has 0 saturated heterocycles. The molecule has 4 rings (SSSR count). The van der Waals surface area contributed by atoms with Crippen molar-refractivity contribution in [3.8, 4) is 17.3 Å². The van der Waals surface area contributed by atoms with Crippen LogP contribution >= 0.6 is 0 Å². The van der Waals surface area contributed by atoms with Gasteiger partial charge in [0.1, 0.15) is 0 Å². The molecule has 132 valence electrons. The van der Waals surface area contributed by atoms with E-state index in [4.69, 9.17) is 4.74 Å². The van der Waals surface area contributed by atoms with Gasteiger partial charge < -0.3 is 4.74 Å². The summed E-state index contributed by atoms with van der Waals surface area (Å²) in [5.74, 6) is -0.366. The van der Waals surface area contributed by atoms with Crippen molar-refractivity contribution in [3.63, 3.8) is 0 Å². The third kappa shape index (κ3) is 3.30. The Morgan fingerprint density at radius 2 is 1.15 bits per heavy atom. The quantitative estimate of drug-likeness (QED) is 0.522. The van der Waals surface area contributed by atoms with Gasteiger partial charge in [-0.25, -0.2) is 14.2 Å². The molecule has 0 N–H and O–H groups in total. The Labute approximate surface area is 155 Å². The zero-order valence-corrected chi connectivity index (χ0v) is 14.4. The van der Waals surface area contributed by atoms with E-state index in [0.29, 0.717) is 16.9 Å². The maximum Gasteiger partial charge on any atom is 0.344 e. The monoisotopic (exact) mass is 356 g/mol. The smallest absolute Gasteiger partial charge is 0.344 e. The Bertz CT molecular complexity index is 1110. The average Bonchev–Trinajstić information content (AvgIpc) is 3.05. The van der Waals surface area contributed by atoms with Crippen LogP contribution in [0.3, 0.4) is 0 Å². The Hall–Kier alpha value is -3.86. The van der Waals surface area contributed by atoms with Gasteiger partial charge in [-0.3, -0.25) is 4.79 Å². The number of carbonyl (C=O) groups excluding carboxylic acids is 1. The molecule has 0 radical (unpaired) electrons. The van der Waals surface area contributed by atoms with Gasteiger partial charge in [-0.2, -0.15) is 0 Å². The molecular weight excluding hydrogens is 340 g/mol. The van der Waals surface area contributed by atoms with Crippen molar-refractivity contribution in [3.05, 3.63) is 113 Å². The van der Waals surface area contributed by atoms with E-state index in [-0.39, 0.29) is 11.4 Å². The second-order valence-electron chi connectivity index (χ2n) is 5.87.